The van der Waals surface area contributed by atoms with Crippen molar-refractivity contribution in [2.45, 2.75) is 37.8 Å². The number of benzene rings is 3. The normalized spacial score (nSPS) is 13.4. The molecule has 1 unspecified atom stereocenters. The minimum Gasteiger partial charge on any atom is -0.506 e. The van der Waals surface area contributed by atoms with Gasteiger partial charge in [0.1, 0.15) is 11.5 Å². The molecule has 0 bridgehead atoms. The third-order valence-electron chi connectivity index (χ3n) is 6.15. The number of aromatic amines is 1. The van der Waals surface area contributed by atoms with E-state index in [0.717, 1.165) is 5.56 Å². The lowest BCUT2D eigenvalue weighted by molar-refractivity contribution is -0.0400. The summed E-state index contributed by atoms with van der Waals surface area (Å²) in [4.78, 5) is 14.2. The predicted octanol–water partition coefficient (Wildman–Crippen LogP) is 4.74. The molecule has 8 heteroatoms. The molecule has 0 aliphatic rings. The monoisotopic (exact) mass is 508 g/mol. The van der Waals surface area contributed by atoms with E-state index in [-0.39, 0.29) is 35.8 Å². The van der Waals surface area contributed by atoms with Crippen LogP contribution in [0.1, 0.15) is 29.7 Å². The number of aliphatic hydroxyl groups is 1. The fourth-order valence-electron chi connectivity index (χ4n) is 4.25. The van der Waals surface area contributed by atoms with E-state index in [2.05, 4.69) is 10.3 Å². The van der Waals surface area contributed by atoms with Gasteiger partial charge in [-0.05, 0) is 54.3 Å². The number of pyridine rings is 1. The molecule has 0 aliphatic heterocycles. The van der Waals surface area contributed by atoms with E-state index in [1.807, 2.05) is 19.1 Å². The first-order chi connectivity index (χ1) is 17.7. The lowest BCUT2D eigenvalue weighted by atomic mass is 10.0. The van der Waals surface area contributed by atoms with Crippen LogP contribution in [-0.4, -0.2) is 40.3 Å². The van der Waals surface area contributed by atoms with Crippen LogP contribution in [0.2, 0.25) is 0 Å². The molecule has 0 amide bonds. The number of phenols is 1. The van der Waals surface area contributed by atoms with Crippen LogP contribution in [0.4, 0.5) is 8.78 Å². The van der Waals surface area contributed by atoms with Gasteiger partial charge < -0.3 is 25.3 Å². The molecule has 2 atom stereocenters. The van der Waals surface area contributed by atoms with E-state index in [1.54, 1.807) is 54.6 Å². The molecular formula is C29H30F2N2O4. The summed E-state index contributed by atoms with van der Waals surface area (Å²) in [5, 5.41) is 24.6. The van der Waals surface area contributed by atoms with Gasteiger partial charge in [0.05, 0.1) is 11.6 Å². The number of phenolic OH excluding ortho intramolecular Hbond substituents is 1. The van der Waals surface area contributed by atoms with E-state index in [4.69, 9.17) is 4.74 Å². The number of halogens is 2. The molecule has 0 saturated heterocycles. The van der Waals surface area contributed by atoms with Crippen LogP contribution in [-0.2, 0) is 12.8 Å². The number of hydrogen-bond acceptors (Lipinski definition) is 5. The maximum atomic E-state index is 14.3. The molecule has 4 rings (SSSR count). The maximum Gasteiger partial charge on any atom is 0.285 e. The van der Waals surface area contributed by atoms with Crippen LogP contribution in [0.5, 0.6) is 11.5 Å². The lowest BCUT2D eigenvalue weighted by Gasteiger charge is -2.19. The van der Waals surface area contributed by atoms with Crippen LogP contribution < -0.4 is 15.6 Å². The van der Waals surface area contributed by atoms with Crippen LogP contribution in [0, 0.1) is 0 Å². The summed E-state index contributed by atoms with van der Waals surface area (Å²) < 4.78 is 33.9. The van der Waals surface area contributed by atoms with Gasteiger partial charge >= 0.3 is 0 Å². The second kappa shape index (κ2) is 11.5. The van der Waals surface area contributed by atoms with Gasteiger partial charge in [0, 0.05) is 30.5 Å². The largest absolute Gasteiger partial charge is 0.506 e. The summed E-state index contributed by atoms with van der Waals surface area (Å²) in [6.45, 7) is 1.54. The Morgan fingerprint density at radius 1 is 0.973 bits per heavy atom. The summed E-state index contributed by atoms with van der Waals surface area (Å²) in [7, 11) is 0. The number of alkyl halides is 2. The highest BCUT2D eigenvalue weighted by molar-refractivity contribution is 5.87. The van der Waals surface area contributed by atoms with Gasteiger partial charge in [-0.3, -0.25) is 4.79 Å². The van der Waals surface area contributed by atoms with Crippen molar-refractivity contribution in [2.24, 2.45) is 0 Å². The Hall–Kier alpha value is -3.75. The van der Waals surface area contributed by atoms with E-state index in [1.165, 1.54) is 12.1 Å². The summed E-state index contributed by atoms with van der Waals surface area (Å²) in [5.41, 5.74) is 2.10. The number of aromatic hydroxyl groups is 1. The summed E-state index contributed by atoms with van der Waals surface area (Å²) in [6, 6.07) is 21.7. The van der Waals surface area contributed by atoms with E-state index in [0.29, 0.717) is 28.7 Å². The third kappa shape index (κ3) is 7.15. The Bertz CT molecular complexity index is 1370. The maximum absolute atomic E-state index is 14.3. The third-order valence-corrected chi connectivity index (χ3v) is 6.15. The zero-order chi connectivity index (χ0) is 26.4. The molecule has 3 aromatic carbocycles. The highest BCUT2D eigenvalue weighted by Crippen LogP contribution is 2.28. The van der Waals surface area contributed by atoms with Gasteiger partial charge in [-0.25, -0.2) is 8.78 Å². The van der Waals surface area contributed by atoms with Crippen molar-refractivity contribution < 1.29 is 23.7 Å². The first kappa shape index (κ1) is 26.3. The average Bonchev–Trinajstić information content (AvgIpc) is 2.88. The number of rotatable bonds is 11. The Kier molecular flexibility index (Phi) is 8.21. The molecule has 0 radical (unpaired) electrons. The van der Waals surface area contributed by atoms with Crippen LogP contribution in [0.3, 0.4) is 0 Å². The Morgan fingerprint density at radius 2 is 1.70 bits per heavy atom. The number of hydrogen-bond donors (Lipinski definition) is 4. The van der Waals surface area contributed by atoms with E-state index in [9.17, 15) is 23.8 Å². The van der Waals surface area contributed by atoms with Crippen molar-refractivity contribution in [3.8, 4) is 11.5 Å². The van der Waals surface area contributed by atoms with Gasteiger partial charge in [0.25, 0.3) is 5.92 Å². The second-order valence-corrected chi connectivity index (χ2v) is 9.27. The number of aromatic nitrogens is 1. The van der Waals surface area contributed by atoms with E-state index < -0.39 is 18.6 Å². The van der Waals surface area contributed by atoms with E-state index >= 15 is 0 Å². The lowest BCUT2D eigenvalue weighted by Crippen LogP contribution is -2.32. The van der Waals surface area contributed by atoms with Crippen molar-refractivity contribution in [3.63, 3.8) is 0 Å². The SMILES string of the molecule is CC(Cc1ccc(OCC(F)(F)Cc2ccccc2)cc1)NC[C@H](O)c1ccc(O)c2[nH]c(=O)ccc12. The summed E-state index contributed by atoms with van der Waals surface area (Å²) in [5.74, 6) is -2.65. The quantitative estimate of drug-likeness (QED) is 0.235. The Morgan fingerprint density at radius 3 is 2.43 bits per heavy atom. The van der Waals surface area contributed by atoms with Crippen molar-refractivity contribution in [2.75, 3.05) is 13.2 Å². The summed E-state index contributed by atoms with van der Waals surface area (Å²) in [6.07, 6.45) is -0.579. The number of fused-ring (bicyclic) bond motifs is 1. The molecular weight excluding hydrogens is 478 g/mol. The number of nitrogens with one attached hydrogen (secondary N) is 2. The number of aliphatic hydroxyl groups excluding tert-OH is 1. The first-order valence-corrected chi connectivity index (χ1v) is 12.1. The number of H-pyrrole nitrogens is 1. The molecule has 0 spiro atoms. The Labute approximate surface area is 213 Å². The molecule has 4 N–H and O–H groups in total. The molecule has 1 heterocycles. The molecule has 37 heavy (non-hydrogen) atoms. The molecule has 194 valence electrons. The number of ether oxygens (including phenoxy) is 1. The molecule has 6 nitrogen and oxygen atoms in total. The van der Waals surface area contributed by atoms with Gasteiger partial charge in [-0.2, -0.15) is 0 Å². The van der Waals surface area contributed by atoms with Crippen LogP contribution in [0.15, 0.2) is 83.7 Å². The molecule has 1 aromatic heterocycles. The van der Waals surface area contributed by atoms with Crippen LogP contribution in [0.25, 0.3) is 10.9 Å². The fourth-order valence-corrected chi connectivity index (χ4v) is 4.25. The molecule has 0 saturated carbocycles. The highest BCUT2D eigenvalue weighted by Gasteiger charge is 2.30. The second-order valence-electron chi connectivity index (χ2n) is 9.27. The van der Waals surface area contributed by atoms with Gasteiger partial charge in [-0.1, -0.05) is 48.5 Å². The van der Waals surface area contributed by atoms with Crippen LogP contribution >= 0.6 is 0 Å². The minimum absolute atomic E-state index is 0.0137. The fraction of sp³-hybridized carbons (Fsp3) is 0.276. The first-order valence-electron chi connectivity index (χ1n) is 12.1. The van der Waals surface area contributed by atoms with Gasteiger partial charge in [-0.15, -0.1) is 0 Å². The standard InChI is InChI=1S/C29H30F2N2O4/c1-19(32-17-26(35)23-11-13-25(34)28-24(23)12-14-27(36)33-28)15-20-7-9-22(10-8-20)37-18-29(30,31)16-21-5-3-2-4-6-21/h2-14,19,26,32,34-35H,15-18H2,1H3,(H,33,36)/t19?,26-/m0/s1. The van der Waals surface area contributed by atoms with Crippen molar-refractivity contribution in [1.82, 2.24) is 10.3 Å². The summed E-state index contributed by atoms with van der Waals surface area (Å²) >= 11 is 0. The smallest absolute Gasteiger partial charge is 0.285 e. The predicted molar refractivity (Wildman–Crippen MR) is 139 cm³/mol. The molecule has 4 aromatic rings. The molecule has 0 fully saturated rings. The topological polar surface area (TPSA) is 94.6 Å². The van der Waals surface area contributed by atoms with Crippen molar-refractivity contribution in [3.05, 3.63) is 106 Å². The Balaban J connectivity index is 1.28. The van der Waals surface area contributed by atoms with Crippen molar-refractivity contribution in [1.29, 1.82) is 0 Å². The molecule has 0 aliphatic carbocycles. The zero-order valence-corrected chi connectivity index (χ0v) is 20.5. The average molecular weight is 509 g/mol. The zero-order valence-electron chi connectivity index (χ0n) is 20.5. The van der Waals surface area contributed by atoms with Crippen molar-refractivity contribution >= 4 is 10.9 Å². The minimum atomic E-state index is -2.97. The van der Waals surface area contributed by atoms with Gasteiger partial charge in [0.2, 0.25) is 5.56 Å². The van der Waals surface area contributed by atoms with Gasteiger partial charge in [0.15, 0.2) is 6.61 Å². The highest BCUT2D eigenvalue weighted by atomic mass is 19.3.